The lowest BCUT2D eigenvalue weighted by Crippen LogP contribution is -2.26. The molecule has 1 saturated heterocycles. The van der Waals surface area contributed by atoms with Crippen molar-refractivity contribution in [1.29, 1.82) is 0 Å². The zero-order chi connectivity index (χ0) is 17.9. The van der Waals surface area contributed by atoms with Gasteiger partial charge in [-0.3, -0.25) is 10.1 Å². The number of amides is 1. The second kappa shape index (κ2) is 7.35. The van der Waals surface area contributed by atoms with Gasteiger partial charge in [0.05, 0.1) is 5.69 Å². The number of nitrogens with zero attached hydrogens (tertiary/aromatic N) is 3. The maximum atomic E-state index is 13.0. The molecule has 0 spiro atoms. The van der Waals surface area contributed by atoms with E-state index in [-0.39, 0.29) is 17.4 Å². The Bertz CT molecular complexity index is 898. The van der Waals surface area contributed by atoms with Gasteiger partial charge < -0.3 is 5.32 Å². The fourth-order valence-corrected chi connectivity index (χ4v) is 3.96. The van der Waals surface area contributed by atoms with Gasteiger partial charge in [-0.15, -0.1) is 11.3 Å². The molecule has 3 heterocycles. The van der Waals surface area contributed by atoms with Gasteiger partial charge >= 0.3 is 0 Å². The zero-order valence-corrected chi connectivity index (χ0v) is 14.8. The Morgan fingerprint density at radius 1 is 1.23 bits per heavy atom. The topological polar surface area (TPSA) is 71.8 Å². The smallest absolute Gasteiger partial charge is 0.277 e. The van der Waals surface area contributed by atoms with Crippen LogP contribution in [-0.2, 0) is 0 Å². The van der Waals surface area contributed by atoms with E-state index in [4.69, 9.17) is 0 Å². The standard InChI is InChI=1S/C18H18FN5OS/c19-13-1-3-14(4-2-13)24-10-7-15(23-24)17(25)22-18-21-11-16(26-18)12-5-8-20-9-6-12/h1-4,7,10-12,20H,5-6,8-9H2,(H,21,22,25). The minimum absolute atomic E-state index is 0.285. The number of hydrogen-bond donors (Lipinski definition) is 2. The number of carbonyl (C=O) groups excluding carboxylic acids is 1. The number of nitrogens with one attached hydrogen (secondary N) is 2. The molecule has 2 aromatic heterocycles. The summed E-state index contributed by atoms with van der Waals surface area (Å²) in [5.74, 6) is -0.110. The quantitative estimate of drug-likeness (QED) is 0.739. The van der Waals surface area contributed by atoms with Crippen molar-refractivity contribution in [2.75, 3.05) is 18.4 Å². The molecule has 134 valence electrons. The van der Waals surface area contributed by atoms with Gasteiger partial charge in [-0.1, -0.05) is 0 Å². The van der Waals surface area contributed by atoms with E-state index in [2.05, 4.69) is 20.7 Å². The molecule has 0 bridgehead atoms. The Kier molecular flexibility index (Phi) is 4.77. The highest BCUT2D eigenvalue weighted by molar-refractivity contribution is 7.15. The van der Waals surface area contributed by atoms with Gasteiger partial charge in [0, 0.05) is 17.3 Å². The van der Waals surface area contributed by atoms with Crippen molar-refractivity contribution in [3.8, 4) is 5.69 Å². The van der Waals surface area contributed by atoms with Gasteiger partial charge in [0.1, 0.15) is 5.82 Å². The van der Waals surface area contributed by atoms with E-state index in [0.29, 0.717) is 16.7 Å². The van der Waals surface area contributed by atoms with Crippen LogP contribution in [0.15, 0.2) is 42.7 Å². The van der Waals surface area contributed by atoms with Gasteiger partial charge in [-0.2, -0.15) is 5.10 Å². The van der Waals surface area contributed by atoms with E-state index in [9.17, 15) is 9.18 Å². The van der Waals surface area contributed by atoms with E-state index in [1.807, 2.05) is 6.20 Å². The molecule has 0 atom stereocenters. The number of halogens is 1. The average Bonchev–Trinajstić information content (AvgIpc) is 3.33. The van der Waals surface area contributed by atoms with E-state index in [0.717, 1.165) is 25.9 Å². The summed E-state index contributed by atoms with van der Waals surface area (Å²) < 4.78 is 14.5. The molecule has 0 radical (unpaired) electrons. The van der Waals surface area contributed by atoms with Gasteiger partial charge in [-0.05, 0) is 62.2 Å². The molecule has 2 N–H and O–H groups in total. The fourth-order valence-electron chi connectivity index (χ4n) is 2.98. The number of carbonyl (C=O) groups is 1. The number of benzene rings is 1. The summed E-state index contributed by atoms with van der Waals surface area (Å²) in [5, 5.41) is 11.0. The van der Waals surface area contributed by atoms with Crippen molar-refractivity contribution in [3.63, 3.8) is 0 Å². The summed E-state index contributed by atoms with van der Waals surface area (Å²) in [4.78, 5) is 17.9. The van der Waals surface area contributed by atoms with Crippen LogP contribution in [0.1, 0.15) is 34.1 Å². The van der Waals surface area contributed by atoms with Crippen molar-refractivity contribution in [2.24, 2.45) is 0 Å². The van der Waals surface area contributed by atoms with Crippen LogP contribution in [0.3, 0.4) is 0 Å². The second-order valence-corrected chi connectivity index (χ2v) is 7.23. The Labute approximate surface area is 154 Å². The van der Waals surface area contributed by atoms with Crippen molar-refractivity contribution in [2.45, 2.75) is 18.8 Å². The number of thiazole rings is 1. The lowest BCUT2D eigenvalue weighted by Gasteiger charge is -2.20. The van der Waals surface area contributed by atoms with Gasteiger partial charge in [0.25, 0.3) is 5.91 Å². The molecular formula is C18H18FN5OS. The summed E-state index contributed by atoms with van der Waals surface area (Å²) in [7, 11) is 0. The minimum Gasteiger partial charge on any atom is -0.317 e. The summed E-state index contributed by atoms with van der Waals surface area (Å²) in [6.45, 7) is 2.04. The first-order valence-corrected chi connectivity index (χ1v) is 9.30. The van der Waals surface area contributed by atoms with Crippen LogP contribution in [-0.4, -0.2) is 33.8 Å². The normalized spacial score (nSPS) is 15.1. The third kappa shape index (κ3) is 3.66. The molecular weight excluding hydrogens is 353 g/mol. The molecule has 0 aliphatic carbocycles. The zero-order valence-electron chi connectivity index (χ0n) is 14.0. The van der Waals surface area contributed by atoms with Crippen LogP contribution in [0.2, 0.25) is 0 Å². The molecule has 8 heteroatoms. The molecule has 6 nitrogen and oxygen atoms in total. The lowest BCUT2D eigenvalue weighted by molar-refractivity contribution is 0.102. The molecule has 1 fully saturated rings. The van der Waals surface area contributed by atoms with Gasteiger partial charge in [-0.25, -0.2) is 14.1 Å². The minimum atomic E-state index is -0.313. The maximum Gasteiger partial charge on any atom is 0.277 e. The molecule has 4 rings (SSSR count). The van der Waals surface area contributed by atoms with Crippen LogP contribution >= 0.6 is 11.3 Å². The van der Waals surface area contributed by atoms with E-state index >= 15 is 0 Å². The Morgan fingerprint density at radius 2 is 2.00 bits per heavy atom. The first-order valence-electron chi connectivity index (χ1n) is 8.48. The van der Waals surface area contributed by atoms with E-state index in [1.165, 1.54) is 33.0 Å². The molecule has 1 amide bonds. The van der Waals surface area contributed by atoms with Crippen molar-refractivity contribution < 1.29 is 9.18 Å². The first kappa shape index (κ1) is 16.9. The van der Waals surface area contributed by atoms with Crippen LogP contribution in [0.4, 0.5) is 9.52 Å². The van der Waals surface area contributed by atoms with Crippen LogP contribution in [0.25, 0.3) is 5.69 Å². The Balaban J connectivity index is 1.44. The highest BCUT2D eigenvalue weighted by atomic mass is 32.1. The third-order valence-electron chi connectivity index (χ3n) is 4.40. The molecule has 0 unspecified atom stereocenters. The largest absolute Gasteiger partial charge is 0.317 e. The third-order valence-corrected chi connectivity index (χ3v) is 5.47. The maximum absolute atomic E-state index is 13.0. The van der Waals surface area contributed by atoms with E-state index in [1.54, 1.807) is 24.4 Å². The summed E-state index contributed by atoms with van der Waals surface area (Å²) in [6.07, 6.45) is 5.72. The number of hydrogen-bond acceptors (Lipinski definition) is 5. The highest BCUT2D eigenvalue weighted by Crippen LogP contribution is 2.31. The molecule has 1 aliphatic heterocycles. The molecule has 3 aromatic rings. The predicted octanol–water partition coefficient (Wildman–Crippen LogP) is 3.19. The second-order valence-electron chi connectivity index (χ2n) is 6.17. The summed E-state index contributed by atoms with van der Waals surface area (Å²) in [5.41, 5.74) is 0.973. The van der Waals surface area contributed by atoms with Gasteiger partial charge in [0.15, 0.2) is 10.8 Å². The summed E-state index contributed by atoms with van der Waals surface area (Å²) >= 11 is 1.52. The first-order chi connectivity index (χ1) is 12.7. The van der Waals surface area contributed by atoms with E-state index < -0.39 is 0 Å². The van der Waals surface area contributed by atoms with Crippen LogP contribution < -0.4 is 10.6 Å². The molecule has 1 aliphatic rings. The highest BCUT2D eigenvalue weighted by Gasteiger charge is 2.19. The monoisotopic (exact) mass is 371 g/mol. The molecule has 26 heavy (non-hydrogen) atoms. The Morgan fingerprint density at radius 3 is 2.77 bits per heavy atom. The van der Waals surface area contributed by atoms with Crippen molar-refractivity contribution >= 4 is 22.4 Å². The number of piperidine rings is 1. The van der Waals surface area contributed by atoms with Crippen LogP contribution in [0, 0.1) is 5.82 Å². The molecule has 1 aromatic carbocycles. The van der Waals surface area contributed by atoms with Crippen molar-refractivity contribution in [3.05, 3.63) is 59.1 Å². The number of anilines is 1. The van der Waals surface area contributed by atoms with Crippen LogP contribution in [0.5, 0.6) is 0 Å². The SMILES string of the molecule is O=C(Nc1ncc(C2CCNCC2)s1)c1ccn(-c2ccc(F)cc2)n1. The number of rotatable bonds is 4. The molecule has 0 saturated carbocycles. The Hall–Kier alpha value is -2.58. The average molecular weight is 371 g/mol. The predicted molar refractivity (Wildman–Crippen MR) is 98.4 cm³/mol. The van der Waals surface area contributed by atoms with Crippen molar-refractivity contribution in [1.82, 2.24) is 20.1 Å². The summed E-state index contributed by atoms with van der Waals surface area (Å²) in [6, 6.07) is 7.55. The fraction of sp³-hybridized carbons (Fsp3) is 0.278. The van der Waals surface area contributed by atoms with Gasteiger partial charge in [0.2, 0.25) is 0 Å². The number of aromatic nitrogens is 3. The lowest BCUT2D eigenvalue weighted by atomic mass is 9.97.